The van der Waals surface area contributed by atoms with Crippen molar-refractivity contribution in [1.82, 2.24) is 5.32 Å². The Morgan fingerprint density at radius 3 is 2.52 bits per heavy atom. The van der Waals surface area contributed by atoms with E-state index in [1.165, 1.54) is 0 Å². The first kappa shape index (κ1) is 15.7. The van der Waals surface area contributed by atoms with Crippen molar-refractivity contribution in [3.05, 3.63) is 63.6 Å². The van der Waals surface area contributed by atoms with Gasteiger partial charge in [0.1, 0.15) is 0 Å². The van der Waals surface area contributed by atoms with E-state index in [2.05, 4.69) is 10.6 Å². The number of carbonyl (C=O) groups is 1. The summed E-state index contributed by atoms with van der Waals surface area (Å²) in [6, 6.07) is 13.2. The number of likely N-dealkylation sites (N-methyl/N-ethyl adjacent to an activating group) is 1. The predicted molar refractivity (Wildman–Crippen MR) is 88.0 cm³/mol. The van der Waals surface area contributed by atoms with Gasteiger partial charge in [-0.3, -0.25) is 4.79 Å². The summed E-state index contributed by atoms with van der Waals surface area (Å²) < 4.78 is 0. The maximum atomic E-state index is 11.5. The van der Waals surface area contributed by atoms with Crippen LogP contribution in [-0.2, 0) is 17.8 Å². The predicted octanol–water partition coefficient (Wildman–Crippen LogP) is 3.89. The van der Waals surface area contributed by atoms with E-state index in [0.29, 0.717) is 23.0 Å². The van der Waals surface area contributed by atoms with Crippen molar-refractivity contribution in [3.63, 3.8) is 0 Å². The number of carbonyl (C=O) groups excluding carboxylic acids is 1. The first-order valence-corrected chi connectivity index (χ1v) is 7.32. The average molecular weight is 323 g/mol. The maximum absolute atomic E-state index is 11.5. The lowest BCUT2D eigenvalue weighted by molar-refractivity contribution is -0.119. The fraction of sp³-hybridized carbons (Fsp3) is 0.188. The summed E-state index contributed by atoms with van der Waals surface area (Å²) in [5.41, 5.74) is 2.77. The number of amides is 1. The van der Waals surface area contributed by atoms with Crippen LogP contribution in [0.2, 0.25) is 10.0 Å². The summed E-state index contributed by atoms with van der Waals surface area (Å²) in [4.78, 5) is 11.5. The highest BCUT2D eigenvalue weighted by Crippen LogP contribution is 2.26. The van der Waals surface area contributed by atoms with Gasteiger partial charge in [0.25, 0.3) is 0 Å². The lowest BCUT2D eigenvalue weighted by atomic mass is 10.1. The highest BCUT2D eigenvalue weighted by atomic mass is 35.5. The lowest BCUT2D eigenvalue weighted by Gasteiger charge is -2.13. The van der Waals surface area contributed by atoms with Gasteiger partial charge in [0.05, 0.1) is 16.5 Å². The molecule has 0 aliphatic carbocycles. The van der Waals surface area contributed by atoms with Crippen LogP contribution in [0.5, 0.6) is 0 Å². The number of benzene rings is 2. The number of nitrogens with one attached hydrogen (secondary N) is 2. The normalized spacial score (nSPS) is 10.2. The van der Waals surface area contributed by atoms with Crippen molar-refractivity contribution >= 4 is 34.8 Å². The Hall–Kier alpha value is -1.71. The third-order valence-corrected chi connectivity index (χ3v) is 4.01. The largest absolute Gasteiger partial charge is 0.381 e. The van der Waals surface area contributed by atoms with Crippen LogP contribution in [0.25, 0.3) is 0 Å². The van der Waals surface area contributed by atoms with Gasteiger partial charge in [0.15, 0.2) is 0 Å². The van der Waals surface area contributed by atoms with Gasteiger partial charge in [0.2, 0.25) is 5.91 Å². The van der Waals surface area contributed by atoms with E-state index >= 15 is 0 Å². The average Bonchev–Trinajstić information content (AvgIpc) is 2.50. The van der Waals surface area contributed by atoms with Crippen LogP contribution >= 0.6 is 23.2 Å². The molecular formula is C16H16Cl2N2O. The SMILES string of the molecule is CNC(=O)Cc1ccccc1NCc1cccc(Cl)c1Cl. The summed E-state index contributed by atoms with van der Waals surface area (Å²) in [5.74, 6) is -0.0231. The zero-order valence-electron chi connectivity index (χ0n) is 11.6. The molecule has 0 aromatic heterocycles. The van der Waals surface area contributed by atoms with Gasteiger partial charge in [0, 0.05) is 19.3 Å². The highest BCUT2D eigenvalue weighted by Gasteiger charge is 2.08. The molecule has 0 aliphatic heterocycles. The molecule has 5 heteroatoms. The summed E-state index contributed by atoms with van der Waals surface area (Å²) in [6.45, 7) is 0.546. The van der Waals surface area contributed by atoms with Gasteiger partial charge >= 0.3 is 0 Å². The molecule has 2 aromatic rings. The second kappa shape index (κ2) is 7.34. The number of hydrogen-bond donors (Lipinski definition) is 2. The molecule has 0 spiro atoms. The smallest absolute Gasteiger partial charge is 0.224 e. The fourth-order valence-corrected chi connectivity index (χ4v) is 2.37. The fourth-order valence-electron chi connectivity index (χ4n) is 1.98. The van der Waals surface area contributed by atoms with Crippen molar-refractivity contribution in [2.24, 2.45) is 0 Å². The van der Waals surface area contributed by atoms with Gasteiger partial charge in [-0.1, -0.05) is 53.5 Å². The zero-order valence-corrected chi connectivity index (χ0v) is 13.1. The molecule has 2 aromatic carbocycles. The second-order valence-corrected chi connectivity index (χ2v) is 5.36. The standard InChI is InChI=1S/C16H16Cl2N2O/c1-19-15(21)9-11-5-2-3-8-14(11)20-10-12-6-4-7-13(17)16(12)18/h2-8,20H,9-10H2,1H3,(H,19,21). The monoisotopic (exact) mass is 322 g/mol. The zero-order chi connectivity index (χ0) is 15.2. The Labute approximate surface area is 134 Å². The summed E-state index contributed by atoms with van der Waals surface area (Å²) in [5, 5.41) is 7.02. The topological polar surface area (TPSA) is 41.1 Å². The quantitative estimate of drug-likeness (QED) is 0.876. The van der Waals surface area contributed by atoms with Crippen molar-refractivity contribution in [3.8, 4) is 0 Å². The first-order valence-electron chi connectivity index (χ1n) is 6.57. The van der Waals surface area contributed by atoms with Crippen LogP contribution in [-0.4, -0.2) is 13.0 Å². The van der Waals surface area contributed by atoms with E-state index in [-0.39, 0.29) is 5.91 Å². The van der Waals surface area contributed by atoms with Gasteiger partial charge in [-0.05, 0) is 23.3 Å². The molecule has 0 aliphatic rings. The molecule has 110 valence electrons. The number of hydrogen-bond acceptors (Lipinski definition) is 2. The van der Waals surface area contributed by atoms with Crippen LogP contribution in [0.15, 0.2) is 42.5 Å². The van der Waals surface area contributed by atoms with Crippen LogP contribution in [0.3, 0.4) is 0 Å². The van der Waals surface area contributed by atoms with Crippen molar-refractivity contribution in [2.45, 2.75) is 13.0 Å². The minimum Gasteiger partial charge on any atom is -0.381 e. The minimum atomic E-state index is -0.0231. The van der Waals surface area contributed by atoms with Crippen molar-refractivity contribution in [1.29, 1.82) is 0 Å². The van der Waals surface area contributed by atoms with E-state index in [0.717, 1.165) is 16.8 Å². The first-order chi connectivity index (χ1) is 10.1. The maximum Gasteiger partial charge on any atom is 0.224 e. The molecular weight excluding hydrogens is 307 g/mol. The van der Waals surface area contributed by atoms with Gasteiger partial charge < -0.3 is 10.6 Å². The molecule has 21 heavy (non-hydrogen) atoms. The van der Waals surface area contributed by atoms with Crippen LogP contribution in [0.1, 0.15) is 11.1 Å². The molecule has 2 rings (SSSR count). The molecule has 0 atom stereocenters. The lowest BCUT2D eigenvalue weighted by Crippen LogP contribution is -2.20. The second-order valence-electron chi connectivity index (χ2n) is 4.57. The van der Waals surface area contributed by atoms with E-state index in [9.17, 15) is 4.79 Å². The summed E-state index contributed by atoms with van der Waals surface area (Å²) in [7, 11) is 1.63. The number of anilines is 1. The number of para-hydroxylation sites is 1. The summed E-state index contributed by atoms with van der Waals surface area (Å²) in [6.07, 6.45) is 0.336. The van der Waals surface area contributed by atoms with Crippen LogP contribution < -0.4 is 10.6 Å². The molecule has 3 nitrogen and oxygen atoms in total. The molecule has 2 N–H and O–H groups in total. The third-order valence-electron chi connectivity index (χ3n) is 3.15. The van der Waals surface area contributed by atoms with Crippen LogP contribution in [0.4, 0.5) is 5.69 Å². The highest BCUT2D eigenvalue weighted by molar-refractivity contribution is 6.42. The van der Waals surface area contributed by atoms with E-state index in [1.54, 1.807) is 13.1 Å². The summed E-state index contributed by atoms with van der Waals surface area (Å²) >= 11 is 12.2. The molecule has 1 amide bonds. The molecule has 0 heterocycles. The van der Waals surface area contributed by atoms with E-state index < -0.39 is 0 Å². The Morgan fingerprint density at radius 2 is 1.76 bits per heavy atom. The van der Waals surface area contributed by atoms with Gasteiger partial charge in [-0.15, -0.1) is 0 Å². The molecule has 0 saturated heterocycles. The van der Waals surface area contributed by atoms with E-state index in [1.807, 2.05) is 36.4 Å². The molecule has 0 unspecified atom stereocenters. The Balaban J connectivity index is 2.13. The van der Waals surface area contributed by atoms with E-state index in [4.69, 9.17) is 23.2 Å². The molecule has 0 bridgehead atoms. The van der Waals surface area contributed by atoms with Gasteiger partial charge in [-0.25, -0.2) is 0 Å². The Kier molecular flexibility index (Phi) is 5.48. The number of halogens is 2. The third kappa shape index (κ3) is 4.13. The molecule has 0 saturated carbocycles. The van der Waals surface area contributed by atoms with Crippen molar-refractivity contribution in [2.75, 3.05) is 12.4 Å². The Bertz CT molecular complexity index is 644. The minimum absolute atomic E-state index is 0.0231. The van der Waals surface area contributed by atoms with Crippen molar-refractivity contribution < 1.29 is 4.79 Å². The number of rotatable bonds is 5. The van der Waals surface area contributed by atoms with Crippen LogP contribution in [0, 0.1) is 0 Å². The molecule has 0 radical (unpaired) electrons. The Morgan fingerprint density at radius 1 is 1.05 bits per heavy atom. The van der Waals surface area contributed by atoms with Gasteiger partial charge in [-0.2, -0.15) is 0 Å². The molecule has 0 fully saturated rings.